The number of carbonyl (C=O) groups excluding carboxylic acids is 1. The highest BCUT2D eigenvalue weighted by Gasteiger charge is 2.15. The van der Waals surface area contributed by atoms with E-state index in [1.54, 1.807) is 43.3 Å². The molecule has 0 saturated carbocycles. The van der Waals surface area contributed by atoms with Gasteiger partial charge in [0.25, 0.3) is 5.69 Å². The summed E-state index contributed by atoms with van der Waals surface area (Å²) in [5, 5.41) is 10.6. The Morgan fingerprint density at radius 1 is 1.17 bits per heavy atom. The van der Waals surface area contributed by atoms with E-state index in [0.717, 1.165) is 11.9 Å². The number of ether oxygens (including phenoxy) is 1. The SMILES string of the molecule is CCOC(=O)/C(=N/Sc1ccc([N+](=O)[O-])cc1)c1ccccc1. The zero-order chi connectivity index (χ0) is 16.7. The predicted molar refractivity (Wildman–Crippen MR) is 88.6 cm³/mol. The summed E-state index contributed by atoms with van der Waals surface area (Å²) in [5.41, 5.74) is 0.864. The zero-order valence-electron chi connectivity index (χ0n) is 12.3. The van der Waals surface area contributed by atoms with Crippen LogP contribution in [0.3, 0.4) is 0 Å². The molecular weight excluding hydrogens is 316 g/mol. The third kappa shape index (κ3) is 4.65. The highest BCUT2D eigenvalue weighted by molar-refractivity contribution is 7.98. The molecule has 0 unspecified atom stereocenters. The summed E-state index contributed by atoms with van der Waals surface area (Å²) in [6.07, 6.45) is 0. The maximum Gasteiger partial charge on any atom is 0.358 e. The number of rotatable bonds is 6. The predicted octanol–water partition coefficient (Wildman–Crippen LogP) is 3.65. The van der Waals surface area contributed by atoms with Crippen LogP contribution in [0.2, 0.25) is 0 Å². The lowest BCUT2D eigenvalue weighted by molar-refractivity contribution is -0.384. The van der Waals surface area contributed by atoms with E-state index in [1.165, 1.54) is 12.1 Å². The van der Waals surface area contributed by atoms with E-state index in [-0.39, 0.29) is 18.0 Å². The number of carbonyl (C=O) groups is 1. The van der Waals surface area contributed by atoms with Crippen LogP contribution in [0.5, 0.6) is 0 Å². The fraction of sp³-hybridized carbons (Fsp3) is 0.125. The van der Waals surface area contributed by atoms with E-state index in [0.29, 0.717) is 10.5 Å². The third-order valence-electron chi connectivity index (χ3n) is 2.81. The Kier molecular flexibility index (Phi) is 5.87. The number of benzene rings is 2. The molecule has 0 aliphatic heterocycles. The van der Waals surface area contributed by atoms with Crippen molar-refractivity contribution in [2.75, 3.05) is 6.61 Å². The lowest BCUT2D eigenvalue weighted by Crippen LogP contribution is -2.18. The number of nitrogens with zero attached hydrogens (tertiary/aromatic N) is 2. The summed E-state index contributed by atoms with van der Waals surface area (Å²) >= 11 is 1.06. The molecule has 0 N–H and O–H groups in total. The first kappa shape index (κ1) is 16.7. The van der Waals surface area contributed by atoms with Crippen molar-refractivity contribution in [3.8, 4) is 0 Å². The van der Waals surface area contributed by atoms with Gasteiger partial charge in [0.15, 0.2) is 5.71 Å². The van der Waals surface area contributed by atoms with Crippen molar-refractivity contribution < 1.29 is 14.5 Å². The molecule has 0 fully saturated rings. The van der Waals surface area contributed by atoms with Gasteiger partial charge in [-0.05, 0) is 19.1 Å². The average molecular weight is 330 g/mol. The smallest absolute Gasteiger partial charge is 0.358 e. The van der Waals surface area contributed by atoms with Crippen LogP contribution in [0.25, 0.3) is 0 Å². The van der Waals surface area contributed by atoms with Crippen LogP contribution in [0.1, 0.15) is 12.5 Å². The topological polar surface area (TPSA) is 81.8 Å². The van der Waals surface area contributed by atoms with Gasteiger partial charge in [0.1, 0.15) is 0 Å². The van der Waals surface area contributed by atoms with Crippen molar-refractivity contribution in [1.29, 1.82) is 0 Å². The first-order valence-corrected chi connectivity index (χ1v) is 7.61. The third-order valence-corrected chi connectivity index (χ3v) is 3.56. The monoisotopic (exact) mass is 330 g/mol. The molecule has 0 heterocycles. The number of esters is 1. The van der Waals surface area contributed by atoms with Crippen molar-refractivity contribution in [2.24, 2.45) is 4.40 Å². The second-order valence-corrected chi connectivity index (χ2v) is 5.21. The first-order chi connectivity index (χ1) is 11.1. The Hall–Kier alpha value is -2.67. The summed E-state index contributed by atoms with van der Waals surface area (Å²) < 4.78 is 9.27. The maximum atomic E-state index is 12.1. The summed E-state index contributed by atoms with van der Waals surface area (Å²) in [5.74, 6) is -0.506. The molecule has 23 heavy (non-hydrogen) atoms. The molecule has 0 aliphatic rings. The van der Waals surface area contributed by atoms with E-state index in [2.05, 4.69) is 4.40 Å². The Balaban J connectivity index is 2.23. The molecule has 0 aromatic heterocycles. The van der Waals surface area contributed by atoms with Crippen LogP contribution in [0.4, 0.5) is 5.69 Å². The van der Waals surface area contributed by atoms with Gasteiger partial charge >= 0.3 is 5.97 Å². The van der Waals surface area contributed by atoms with Crippen LogP contribution in [-0.4, -0.2) is 23.2 Å². The molecule has 0 aliphatic carbocycles. The van der Waals surface area contributed by atoms with Gasteiger partial charge < -0.3 is 4.74 Å². The van der Waals surface area contributed by atoms with Crippen molar-refractivity contribution in [3.05, 3.63) is 70.3 Å². The van der Waals surface area contributed by atoms with Crippen LogP contribution in [0.15, 0.2) is 63.9 Å². The molecule has 0 amide bonds. The quantitative estimate of drug-likeness (QED) is 0.265. The number of hydrogen-bond acceptors (Lipinski definition) is 6. The maximum absolute atomic E-state index is 12.1. The average Bonchev–Trinajstić information content (AvgIpc) is 2.57. The second kappa shape index (κ2) is 8.09. The second-order valence-electron chi connectivity index (χ2n) is 4.37. The molecular formula is C16H14N2O4S. The van der Waals surface area contributed by atoms with Crippen molar-refractivity contribution in [3.63, 3.8) is 0 Å². The lowest BCUT2D eigenvalue weighted by atomic mass is 10.1. The van der Waals surface area contributed by atoms with Gasteiger partial charge in [-0.3, -0.25) is 10.1 Å². The number of non-ortho nitro benzene ring substituents is 1. The Morgan fingerprint density at radius 2 is 1.83 bits per heavy atom. The molecule has 0 radical (unpaired) electrons. The van der Waals surface area contributed by atoms with Crippen molar-refractivity contribution in [2.45, 2.75) is 11.8 Å². The van der Waals surface area contributed by atoms with E-state index >= 15 is 0 Å². The molecule has 0 atom stereocenters. The Labute approximate surface area is 137 Å². The Bertz CT molecular complexity index is 715. The van der Waals surface area contributed by atoms with Gasteiger partial charge in [0.05, 0.1) is 11.5 Å². The molecule has 2 aromatic rings. The van der Waals surface area contributed by atoms with Gasteiger partial charge in [-0.1, -0.05) is 30.3 Å². The van der Waals surface area contributed by atoms with E-state index in [4.69, 9.17) is 4.74 Å². The number of hydrogen-bond donors (Lipinski definition) is 0. The minimum absolute atomic E-state index is 0.00649. The van der Waals surface area contributed by atoms with Crippen molar-refractivity contribution in [1.82, 2.24) is 0 Å². The number of nitro benzene ring substituents is 1. The molecule has 6 nitrogen and oxygen atoms in total. The van der Waals surface area contributed by atoms with E-state index in [1.807, 2.05) is 6.07 Å². The minimum atomic E-state index is -0.506. The van der Waals surface area contributed by atoms with E-state index in [9.17, 15) is 14.9 Å². The molecule has 2 rings (SSSR count). The largest absolute Gasteiger partial charge is 0.461 e. The van der Waals surface area contributed by atoms with Gasteiger partial charge in [0.2, 0.25) is 0 Å². The molecule has 2 aromatic carbocycles. The van der Waals surface area contributed by atoms with Gasteiger partial charge in [0, 0.05) is 34.5 Å². The van der Waals surface area contributed by atoms with E-state index < -0.39 is 10.9 Å². The van der Waals surface area contributed by atoms with Crippen LogP contribution in [-0.2, 0) is 9.53 Å². The standard InChI is InChI=1S/C16H14N2O4S/c1-2-22-16(19)15(12-6-4-3-5-7-12)17-23-14-10-8-13(9-11-14)18(20)21/h3-11H,2H2,1H3/b17-15+. The summed E-state index contributed by atoms with van der Waals surface area (Å²) in [4.78, 5) is 22.9. The van der Waals surface area contributed by atoms with Crippen LogP contribution >= 0.6 is 11.9 Å². The first-order valence-electron chi connectivity index (χ1n) is 6.84. The normalized spacial score (nSPS) is 11.1. The fourth-order valence-corrected chi connectivity index (χ4v) is 2.36. The molecule has 0 spiro atoms. The number of nitro groups is 1. The molecule has 7 heteroatoms. The summed E-state index contributed by atoms with van der Waals surface area (Å²) in [6, 6.07) is 14.9. The van der Waals surface area contributed by atoms with Gasteiger partial charge in [-0.2, -0.15) is 0 Å². The highest BCUT2D eigenvalue weighted by atomic mass is 32.2. The molecule has 118 valence electrons. The van der Waals surface area contributed by atoms with Gasteiger partial charge in [-0.25, -0.2) is 9.19 Å². The van der Waals surface area contributed by atoms with Crippen molar-refractivity contribution >= 4 is 29.3 Å². The summed E-state index contributed by atoms with van der Waals surface area (Å²) in [7, 11) is 0. The summed E-state index contributed by atoms with van der Waals surface area (Å²) in [6.45, 7) is 1.98. The lowest BCUT2D eigenvalue weighted by Gasteiger charge is -2.06. The van der Waals surface area contributed by atoms with Gasteiger partial charge in [-0.15, -0.1) is 0 Å². The zero-order valence-corrected chi connectivity index (χ0v) is 13.2. The van der Waals surface area contributed by atoms with Crippen LogP contribution < -0.4 is 0 Å². The molecule has 0 saturated heterocycles. The molecule has 0 bridgehead atoms. The fourth-order valence-electron chi connectivity index (χ4n) is 1.73. The van der Waals surface area contributed by atoms with Crippen LogP contribution in [0, 0.1) is 10.1 Å². The minimum Gasteiger partial charge on any atom is -0.461 e. The Morgan fingerprint density at radius 3 is 2.39 bits per heavy atom. The highest BCUT2D eigenvalue weighted by Crippen LogP contribution is 2.23.